The Morgan fingerprint density at radius 3 is 2.25 bits per heavy atom. The minimum atomic E-state index is -3.62. The van der Waals surface area contributed by atoms with Crippen LogP contribution in [-0.4, -0.2) is 13.4 Å². The molecule has 126 valence electrons. The zero-order valence-electron chi connectivity index (χ0n) is 13.9. The largest absolute Gasteiger partial charge is 0.280 e. The molecule has 0 fully saturated rings. The number of hydrogen-bond acceptors (Lipinski definition) is 5. The first-order valence-corrected chi connectivity index (χ1v) is 10.6. The predicted molar refractivity (Wildman–Crippen MR) is 102 cm³/mol. The number of thiazole rings is 1. The molecular weight excluding hydrogens is 360 g/mol. The molecule has 7 heteroatoms. The molecule has 0 saturated carbocycles. The van der Waals surface area contributed by atoms with Crippen molar-refractivity contribution in [2.75, 3.05) is 4.72 Å². The molecule has 2 aromatic heterocycles. The van der Waals surface area contributed by atoms with Gasteiger partial charge in [-0.05, 0) is 57.0 Å². The van der Waals surface area contributed by atoms with Gasteiger partial charge in [-0.25, -0.2) is 13.4 Å². The number of nitrogens with one attached hydrogen (secondary N) is 1. The van der Waals surface area contributed by atoms with E-state index in [0.29, 0.717) is 10.6 Å². The lowest BCUT2D eigenvalue weighted by Gasteiger charge is -2.09. The molecule has 0 bridgehead atoms. The van der Waals surface area contributed by atoms with Gasteiger partial charge >= 0.3 is 0 Å². The first-order chi connectivity index (χ1) is 11.2. The van der Waals surface area contributed by atoms with Crippen LogP contribution >= 0.6 is 22.7 Å². The van der Waals surface area contributed by atoms with Gasteiger partial charge in [-0.2, -0.15) is 0 Å². The maximum Gasteiger partial charge on any atom is 0.263 e. The second-order valence-corrected chi connectivity index (χ2v) is 9.73. The summed E-state index contributed by atoms with van der Waals surface area (Å²) in [5.74, 6) is 0. The topological polar surface area (TPSA) is 59.1 Å². The van der Waals surface area contributed by atoms with Crippen LogP contribution in [0.5, 0.6) is 0 Å². The molecule has 0 aliphatic carbocycles. The molecule has 0 aliphatic heterocycles. The first kappa shape index (κ1) is 17.1. The highest BCUT2D eigenvalue weighted by molar-refractivity contribution is 7.93. The lowest BCUT2D eigenvalue weighted by Crippen LogP contribution is -2.13. The first-order valence-electron chi connectivity index (χ1n) is 7.38. The SMILES string of the molecule is Cc1cc(C)cc(NS(=O)(=O)c2cc(-c3csc(C)n3)sc2C)c1. The fraction of sp³-hybridized carbons (Fsp3) is 0.235. The van der Waals surface area contributed by atoms with E-state index in [1.807, 2.05) is 51.3 Å². The third kappa shape index (κ3) is 3.53. The normalized spacial score (nSPS) is 11.7. The van der Waals surface area contributed by atoms with Crippen molar-refractivity contribution in [3.63, 3.8) is 0 Å². The van der Waals surface area contributed by atoms with Crippen LogP contribution in [0.1, 0.15) is 21.0 Å². The summed E-state index contributed by atoms with van der Waals surface area (Å²) in [4.78, 5) is 6.38. The van der Waals surface area contributed by atoms with Crippen LogP contribution in [0.2, 0.25) is 0 Å². The van der Waals surface area contributed by atoms with Gasteiger partial charge in [-0.3, -0.25) is 4.72 Å². The Morgan fingerprint density at radius 2 is 1.67 bits per heavy atom. The number of aromatic nitrogens is 1. The van der Waals surface area contributed by atoms with Crippen molar-refractivity contribution in [1.82, 2.24) is 4.98 Å². The molecule has 24 heavy (non-hydrogen) atoms. The molecule has 3 aromatic rings. The van der Waals surface area contributed by atoms with Gasteiger partial charge in [0.1, 0.15) is 4.90 Å². The summed E-state index contributed by atoms with van der Waals surface area (Å²) in [6.07, 6.45) is 0. The van der Waals surface area contributed by atoms with E-state index in [0.717, 1.165) is 31.6 Å². The monoisotopic (exact) mass is 378 g/mol. The lowest BCUT2D eigenvalue weighted by atomic mass is 10.1. The predicted octanol–water partition coefficient (Wildman–Crippen LogP) is 4.91. The van der Waals surface area contributed by atoms with Crippen LogP contribution in [0.15, 0.2) is 34.5 Å². The van der Waals surface area contributed by atoms with Crippen molar-refractivity contribution in [2.24, 2.45) is 0 Å². The minimum Gasteiger partial charge on any atom is -0.280 e. The van der Waals surface area contributed by atoms with Gasteiger partial charge in [0.05, 0.1) is 15.6 Å². The van der Waals surface area contributed by atoms with E-state index in [9.17, 15) is 8.42 Å². The number of thiophene rings is 1. The highest BCUT2D eigenvalue weighted by Gasteiger charge is 2.21. The molecule has 2 heterocycles. The fourth-order valence-electron chi connectivity index (χ4n) is 2.58. The summed E-state index contributed by atoms with van der Waals surface area (Å²) >= 11 is 3.01. The summed E-state index contributed by atoms with van der Waals surface area (Å²) in [6, 6.07) is 7.38. The third-order valence-electron chi connectivity index (χ3n) is 3.51. The third-order valence-corrected chi connectivity index (χ3v) is 6.99. The number of benzene rings is 1. The van der Waals surface area contributed by atoms with Gasteiger partial charge in [-0.1, -0.05) is 6.07 Å². The second-order valence-electron chi connectivity index (χ2n) is 5.76. The number of aryl methyl sites for hydroxylation is 4. The van der Waals surface area contributed by atoms with Gasteiger partial charge in [0.25, 0.3) is 10.0 Å². The second kappa shape index (κ2) is 6.31. The van der Waals surface area contributed by atoms with E-state index < -0.39 is 10.0 Å². The van der Waals surface area contributed by atoms with Gasteiger partial charge in [0.2, 0.25) is 0 Å². The highest BCUT2D eigenvalue weighted by atomic mass is 32.2. The van der Waals surface area contributed by atoms with E-state index in [1.54, 1.807) is 17.4 Å². The molecule has 0 amide bonds. The fourth-order valence-corrected chi connectivity index (χ4v) is 5.86. The summed E-state index contributed by atoms with van der Waals surface area (Å²) in [5, 5.41) is 2.92. The molecule has 4 nitrogen and oxygen atoms in total. The van der Waals surface area contributed by atoms with Crippen molar-refractivity contribution < 1.29 is 8.42 Å². The van der Waals surface area contributed by atoms with Crippen molar-refractivity contribution in [1.29, 1.82) is 0 Å². The number of nitrogens with zero attached hydrogens (tertiary/aromatic N) is 1. The van der Waals surface area contributed by atoms with Crippen LogP contribution in [-0.2, 0) is 10.0 Å². The van der Waals surface area contributed by atoms with E-state index >= 15 is 0 Å². The summed E-state index contributed by atoms with van der Waals surface area (Å²) in [7, 11) is -3.62. The highest BCUT2D eigenvalue weighted by Crippen LogP contribution is 2.34. The zero-order chi connectivity index (χ0) is 17.5. The van der Waals surface area contributed by atoms with E-state index in [2.05, 4.69) is 9.71 Å². The number of anilines is 1. The Balaban J connectivity index is 1.96. The average molecular weight is 379 g/mol. The summed E-state index contributed by atoms with van der Waals surface area (Å²) in [6.45, 7) is 7.66. The summed E-state index contributed by atoms with van der Waals surface area (Å²) in [5.41, 5.74) is 3.46. The van der Waals surface area contributed by atoms with Crippen molar-refractivity contribution in [3.8, 4) is 10.6 Å². The van der Waals surface area contributed by atoms with Crippen LogP contribution < -0.4 is 4.72 Å². The van der Waals surface area contributed by atoms with Crippen LogP contribution in [0, 0.1) is 27.7 Å². The maximum absolute atomic E-state index is 12.8. The van der Waals surface area contributed by atoms with Gasteiger partial charge < -0.3 is 0 Å². The Bertz CT molecular complexity index is 981. The van der Waals surface area contributed by atoms with Crippen molar-refractivity contribution in [3.05, 3.63) is 50.7 Å². The Morgan fingerprint density at radius 1 is 1.00 bits per heavy atom. The number of hydrogen-bond donors (Lipinski definition) is 1. The molecular formula is C17H18N2O2S3. The van der Waals surface area contributed by atoms with E-state index in [4.69, 9.17) is 0 Å². The molecule has 0 spiro atoms. The Kier molecular flexibility index (Phi) is 4.50. The molecule has 1 N–H and O–H groups in total. The molecule has 3 rings (SSSR count). The summed E-state index contributed by atoms with van der Waals surface area (Å²) < 4.78 is 28.2. The number of rotatable bonds is 4. The zero-order valence-corrected chi connectivity index (χ0v) is 16.3. The van der Waals surface area contributed by atoms with Crippen molar-refractivity contribution >= 4 is 38.4 Å². The minimum absolute atomic E-state index is 0.312. The molecule has 0 aliphatic rings. The van der Waals surface area contributed by atoms with Crippen LogP contribution in [0.4, 0.5) is 5.69 Å². The number of sulfonamides is 1. The van der Waals surface area contributed by atoms with Gasteiger partial charge in [0.15, 0.2) is 0 Å². The lowest BCUT2D eigenvalue weighted by molar-refractivity contribution is 0.601. The quantitative estimate of drug-likeness (QED) is 0.702. The smallest absolute Gasteiger partial charge is 0.263 e. The standard InChI is InChI=1S/C17H18N2O2S3/c1-10-5-11(2)7-14(6-10)19-24(20,21)17-8-16(23-12(17)3)15-9-22-13(4)18-15/h5-9,19H,1-4H3. The molecule has 0 radical (unpaired) electrons. The van der Waals surface area contributed by atoms with E-state index in [-0.39, 0.29) is 0 Å². The Labute approximate surface area is 150 Å². The van der Waals surface area contributed by atoms with Gasteiger partial charge in [-0.15, -0.1) is 22.7 Å². The van der Waals surface area contributed by atoms with Crippen LogP contribution in [0.3, 0.4) is 0 Å². The molecule has 0 unspecified atom stereocenters. The van der Waals surface area contributed by atoms with E-state index in [1.165, 1.54) is 11.3 Å². The van der Waals surface area contributed by atoms with Crippen molar-refractivity contribution in [2.45, 2.75) is 32.6 Å². The van der Waals surface area contributed by atoms with Crippen LogP contribution in [0.25, 0.3) is 10.6 Å². The molecule has 1 aromatic carbocycles. The Hall–Kier alpha value is -1.70. The average Bonchev–Trinajstić information content (AvgIpc) is 3.03. The maximum atomic E-state index is 12.8. The van der Waals surface area contributed by atoms with Gasteiger partial charge in [0, 0.05) is 15.9 Å². The molecule has 0 atom stereocenters. The molecule has 0 saturated heterocycles.